The van der Waals surface area contributed by atoms with Crippen molar-refractivity contribution >= 4 is 10.9 Å². The standard InChI is InChI=1S/C26H26N2O2/c1-4-19-16-26(28-24-11-5-18(2)15-23(19)24)25-12-8-21(17-27-25)20-6-9-22(10-7-20)30-14-13-29-3/h5-12,15-17H,4,13-14H2,1-3H3. The van der Waals surface area contributed by atoms with Crippen molar-refractivity contribution < 1.29 is 9.47 Å². The topological polar surface area (TPSA) is 44.2 Å². The van der Waals surface area contributed by atoms with E-state index in [1.54, 1.807) is 7.11 Å². The molecule has 0 aliphatic rings. The van der Waals surface area contributed by atoms with Gasteiger partial charge in [-0.3, -0.25) is 4.98 Å². The van der Waals surface area contributed by atoms with Gasteiger partial charge in [-0.25, -0.2) is 4.98 Å². The molecule has 2 heterocycles. The van der Waals surface area contributed by atoms with E-state index in [1.165, 1.54) is 16.5 Å². The summed E-state index contributed by atoms with van der Waals surface area (Å²) >= 11 is 0. The number of nitrogens with zero attached hydrogens (tertiary/aromatic N) is 2. The molecular formula is C26H26N2O2. The summed E-state index contributed by atoms with van der Waals surface area (Å²) in [5.41, 5.74) is 7.54. The van der Waals surface area contributed by atoms with E-state index in [2.05, 4.69) is 44.2 Å². The second kappa shape index (κ2) is 9.06. The molecule has 4 nitrogen and oxygen atoms in total. The van der Waals surface area contributed by atoms with Crippen molar-refractivity contribution in [1.29, 1.82) is 0 Å². The predicted octanol–water partition coefficient (Wildman–Crippen LogP) is 5.86. The Morgan fingerprint density at radius 3 is 2.33 bits per heavy atom. The summed E-state index contributed by atoms with van der Waals surface area (Å²) in [6, 6.07) is 20.7. The minimum Gasteiger partial charge on any atom is -0.491 e. The van der Waals surface area contributed by atoms with Crippen molar-refractivity contribution in [2.45, 2.75) is 20.3 Å². The Kier molecular flexibility index (Phi) is 6.05. The van der Waals surface area contributed by atoms with E-state index >= 15 is 0 Å². The lowest BCUT2D eigenvalue weighted by atomic mass is 10.0. The van der Waals surface area contributed by atoms with E-state index in [4.69, 9.17) is 19.4 Å². The van der Waals surface area contributed by atoms with E-state index in [0.717, 1.165) is 40.2 Å². The molecule has 30 heavy (non-hydrogen) atoms. The maximum absolute atomic E-state index is 5.63. The Labute approximate surface area is 177 Å². The van der Waals surface area contributed by atoms with Crippen LogP contribution in [0.1, 0.15) is 18.1 Å². The lowest BCUT2D eigenvalue weighted by Crippen LogP contribution is -2.03. The fraction of sp³-hybridized carbons (Fsp3) is 0.231. The summed E-state index contributed by atoms with van der Waals surface area (Å²) in [5.74, 6) is 0.836. The third kappa shape index (κ3) is 4.34. The van der Waals surface area contributed by atoms with E-state index in [-0.39, 0.29) is 0 Å². The number of fused-ring (bicyclic) bond motifs is 1. The van der Waals surface area contributed by atoms with Crippen molar-refractivity contribution in [3.05, 3.63) is 78.0 Å². The average Bonchev–Trinajstić information content (AvgIpc) is 2.79. The molecule has 4 aromatic rings. The Bertz CT molecular complexity index is 1140. The smallest absolute Gasteiger partial charge is 0.119 e. The number of hydrogen-bond acceptors (Lipinski definition) is 4. The summed E-state index contributed by atoms with van der Waals surface area (Å²) in [4.78, 5) is 9.55. The molecular weight excluding hydrogens is 372 g/mol. The Balaban J connectivity index is 1.58. The van der Waals surface area contributed by atoms with Crippen molar-refractivity contribution in [2.24, 2.45) is 0 Å². The second-order valence-corrected chi connectivity index (χ2v) is 7.34. The van der Waals surface area contributed by atoms with Crippen molar-refractivity contribution in [3.63, 3.8) is 0 Å². The minimum atomic E-state index is 0.546. The number of hydrogen-bond donors (Lipinski definition) is 0. The minimum absolute atomic E-state index is 0.546. The molecule has 0 aliphatic carbocycles. The van der Waals surface area contributed by atoms with Gasteiger partial charge in [0.25, 0.3) is 0 Å². The second-order valence-electron chi connectivity index (χ2n) is 7.34. The molecule has 0 unspecified atom stereocenters. The first-order chi connectivity index (χ1) is 14.7. The number of aryl methyl sites for hydroxylation is 2. The average molecular weight is 399 g/mol. The van der Waals surface area contributed by atoms with E-state index < -0.39 is 0 Å². The van der Waals surface area contributed by atoms with Gasteiger partial charge in [-0.05, 0) is 60.9 Å². The number of methoxy groups -OCH3 is 1. The molecule has 0 atom stereocenters. The maximum atomic E-state index is 5.63. The van der Waals surface area contributed by atoms with Gasteiger partial charge in [0.15, 0.2) is 0 Å². The van der Waals surface area contributed by atoms with E-state index in [1.807, 2.05) is 36.5 Å². The van der Waals surface area contributed by atoms with Gasteiger partial charge in [0, 0.05) is 24.3 Å². The Hall–Kier alpha value is -3.24. The van der Waals surface area contributed by atoms with E-state index in [9.17, 15) is 0 Å². The zero-order valence-corrected chi connectivity index (χ0v) is 17.7. The number of aromatic nitrogens is 2. The molecule has 0 N–H and O–H groups in total. The molecule has 4 heteroatoms. The Morgan fingerprint density at radius 2 is 1.63 bits per heavy atom. The third-order valence-corrected chi connectivity index (χ3v) is 5.20. The number of pyridine rings is 2. The van der Waals surface area contributed by atoms with E-state index in [0.29, 0.717) is 13.2 Å². The number of ether oxygens (including phenoxy) is 2. The van der Waals surface area contributed by atoms with Crippen LogP contribution in [0.25, 0.3) is 33.4 Å². The van der Waals surface area contributed by atoms with Crippen molar-refractivity contribution in [2.75, 3.05) is 20.3 Å². The van der Waals surface area contributed by atoms with Gasteiger partial charge in [-0.15, -0.1) is 0 Å². The predicted molar refractivity (Wildman–Crippen MR) is 122 cm³/mol. The monoisotopic (exact) mass is 398 g/mol. The van der Waals surface area contributed by atoms with Gasteiger partial charge in [-0.1, -0.05) is 36.8 Å². The molecule has 0 fully saturated rings. The number of rotatable bonds is 7. The lowest BCUT2D eigenvalue weighted by molar-refractivity contribution is 0.146. The van der Waals surface area contributed by atoms with Crippen molar-refractivity contribution in [3.8, 4) is 28.3 Å². The number of benzene rings is 2. The van der Waals surface area contributed by atoms with Gasteiger partial charge in [0.05, 0.1) is 23.5 Å². The summed E-state index contributed by atoms with van der Waals surface area (Å²) < 4.78 is 10.6. The molecule has 0 amide bonds. The largest absolute Gasteiger partial charge is 0.491 e. The van der Waals surface area contributed by atoms with Gasteiger partial charge < -0.3 is 9.47 Å². The van der Waals surface area contributed by atoms with Gasteiger partial charge >= 0.3 is 0 Å². The molecule has 4 rings (SSSR count). The van der Waals surface area contributed by atoms with Gasteiger partial charge in [0.2, 0.25) is 0 Å². The molecule has 0 saturated carbocycles. The summed E-state index contributed by atoms with van der Waals surface area (Å²) in [5, 5.41) is 1.23. The van der Waals surface area contributed by atoms with Crippen molar-refractivity contribution in [1.82, 2.24) is 9.97 Å². The van der Waals surface area contributed by atoms with Crippen LogP contribution in [0.15, 0.2) is 66.9 Å². The highest BCUT2D eigenvalue weighted by atomic mass is 16.5. The molecule has 0 radical (unpaired) electrons. The van der Waals surface area contributed by atoms with Crippen LogP contribution in [0, 0.1) is 6.92 Å². The molecule has 152 valence electrons. The van der Waals surface area contributed by atoms with Gasteiger partial charge in [-0.2, -0.15) is 0 Å². The Morgan fingerprint density at radius 1 is 0.833 bits per heavy atom. The highest BCUT2D eigenvalue weighted by Gasteiger charge is 2.09. The zero-order chi connectivity index (χ0) is 20.9. The third-order valence-electron chi connectivity index (χ3n) is 5.20. The van der Waals surface area contributed by atoms with Crippen LogP contribution < -0.4 is 4.74 Å². The van der Waals surface area contributed by atoms with Gasteiger partial charge in [0.1, 0.15) is 12.4 Å². The van der Waals surface area contributed by atoms with Crippen LogP contribution in [-0.2, 0) is 11.2 Å². The molecule has 2 aromatic heterocycles. The fourth-order valence-electron chi connectivity index (χ4n) is 3.54. The van der Waals surface area contributed by atoms with Crippen LogP contribution in [0.2, 0.25) is 0 Å². The quantitative estimate of drug-likeness (QED) is 0.366. The first-order valence-corrected chi connectivity index (χ1v) is 10.3. The summed E-state index contributed by atoms with van der Waals surface area (Å²) in [7, 11) is 1.67. The first kappa shape index (κ1) is 20.0. The highest BCUT2D eigenvalue weighted by molar-refractivity contribution is 5.85. The van der Waals surface area contributed by atoms with Crippen LogP contribution in [0.5, 0.6) is 5.75 Å². The maximum Gasteiger partial charge on any atom is 0.119 e. The molecule has 0 saturated heterocycles. The fourth-order valence-corrected chi connectivity index (χ4v) is 3.54. The summed E-state index contributed by atoms with van der Waals surface area (Å²) in [6.07, 6.45) is 2.87. The molecule has 2 aromatic carbocycles. The lowest BCUT2D eigenvalue weighted by Gasteiger charge is -2.10. The summed E-state index contributed by atoms with van der Waals surface area (Å²) in [6.45, 7) is 5.42. The zero-order valence-electron chi connectivity index (χ0n) is 17.7. The molecule has 0 spiro atoms. The SMILES string of the molecule is CCc1cc(-c2ccc(-c3ccc(OCCOC)cc3)cn2)nc2ccc(C)cc12. The highest BCUT2D eigenvalue weighted by Crippen LogP contribution is 2.27. The normalized spacial score (nSPS) is 11.0. The molecule has 0 aliphatic heterocycles. The first-order valence-electron chi connectivity index (χ1n) is 10.3. The van der Waals surface area contributed by atoms with Crippen LogP contribution in [-0.4, -0.2) is 30.3 Å². The van der Waals surface area contributed by atoms with Crippen LogP contribution in [0.4, 0.5) is 0 Å². The molecule has 0 bridgehead atoms. The van der Waals surface area contributed by atoms with Crippen LogP contribution >= 0.6 is 0 Å². The van der Waals surface area contributed by atoms with Crippen LogP contribution in [0.3, 0.4) is 0 Å².